The van der Waals surface area contributed by atoms with Crippen molar-refractivity contribution >= 4 is 47.6 Å². The van der Waals surface area contributed by atoms with E-state index in [1.54, 1.807) is 12.1 Å². The maximum Gasteiger partial charge on any atom is 0.243 e. The molecule has 0 radical (unpaired) electrons. The van der Waals surface area contributed by atoms with Crippen LogP contribution >= 0.6 is 31.9 Å². The summed E-state index contributed by atoms with van der Waals surface area (Å²) in [5.74, 6) is 0. The molecule has 108 valence electrons. The lowest BCUT2D eigenvalue weighted by Gasteiger charge is -2.28. The van der Waals surface area contributed by atoms with Crippen molar-refractivity contribution in [1.82, 2.24) is 4.72 Å². The number of rotatable bonds is 3. The van der Waals surface area contributed by atoms with E-state index in [2.05, 4.69) is 36.6 Å². The summed E-state index contributed by atoms with van der Waals surface area (Å²) >= 11 is 6.49. The molecular formula is C12H18Br2N2O2S. The summed E-state index contributed by atoms with van der Waals surface area (Å²) in [4.78, 5) is 0.165. The van der Waals surface area contributed by atoms with Gasteiger partial charge in [-0.15, -0.1) is 0 Å². The molecule has 0 aromatic heterocycles. The van der Waals surface area contributed by atoms with Crippen LogP contribution in [-0.2, 0) is 10.0 Å². The topological polar surface area (TPSA) is 72.2 Å². The summed E-state index contributed by atoms with van der Waals surface area (Å²) < 4.78 is 28.4. The van der Waals surface area contributed by atoms with Gasteiger partial charge in [0.05, 0.1) is 0 Å². The molecule has 0 aliphatic rings. The van der Waals surface area contributed by atoms with Crippen LogP contribution in [0.2, 0.25) is 0 Å². The van der Waals surface area contributed by atoms with Gasteiger partial charge in [0.2, 0.25) is 10.0 Å². The number of nitrogen functional groups attached to an aromatic ring is 1. The zero-order valence-corrected chi connectivity index (χ0v) is 15.3. The van der Waals surface area contributed by atoms with Crippen LogP contribution in [0.1, 0.15) is 27.7 Å². The Hall–Kier alpha value is -0.110. The number of anilines is 1. The van der Waals surface area contributed by atoms with Gasteiger partial charge < -0.3 is 5.73 Å². The van der Waals surface area contributed by atoms with E-state index >= 15 is 0 Å². The average Bonchev–Trinajstić information content (AvgIpc) is 2.11. The maximum absolute atomic E-state index is 12.4. The molecule has 0 spiro atoms. The zero-order valence-electron chi connectivity index (χ0n) is 11.3. The Labute approximate surface area is 131 Å². The largest absolute Gasteiger partial charge is 0.399 e. The predicted octanol–water partition coefficient (Wildman–Crippen LogP) is 3.51. The SMILES string of the molecule is CC(NS(=O)(=O)c1c(Br)cc(N)cc1Br)C(C)(C)C. The van der Waals surface area contributed by atoms with Crippen LogP contribution in [0.5, 0.6) is 0 Å². The van der Waals surface area contributed by atoms with Gasteiger partial charge in [-0.1, -0.05) is 20.8 Å². The second-order valence-electron chi connectivity index (χ2n) is 5.52. The quantitative estimate of drug-likeness (QED) is 0.744. The number of nitrogens with one attached hydrogen (secondary N) is 1. The molecular weight excluding hydrogens is 396 g/mol. The second kappa shape index (κ2) is 5.71. The Kier molecular flexibility index (Phi) is 5.09. The smallest absolute Gasteiger partial charge is 0.243 e. The van der Waals surface area contributed by atoms with Crippen molar-refractivity contribution in [2.24, 2.45) is 5.41 Å². The summed E-state index contributed by atoms with van der Waals surface area (Å²) in [6.07, 6.45) is 0. The zero-order chi connectivity index (χ0) is 15.0. The molecule has 0 bridgehead atoms. The van der Waals surface area contributed by atoms with Crippen molar-refractivity contribution < 1.29 is 8.42 Å². The van der Waals surface area contributed by atoms with Gasteiger partial charge in [0.1, 0.15) is 4.90 Å². The number of halogens is 2. The first-order chi connectivity index (χ1) is 8.45. The van der Waals surface area contributed by atoms with Gasteiger partial charge in [-0.25, -0.2) is 13.1 Å². The van der Waals surface area contributed by atoms with E-state index in [1.807, 2.05) is 27.7 Å². The number of sulfonamides is 1. The summed E-state index contributed by atoms with van der Waals surface area (Å²) in [5, 5.41) is 0. The van der Waals surface area contributed by atoms with Crippen molar-refractivity contribution in [2.45, 2.75) is 38.6 Å². The Balaban J connectivity index is 3.23. The summed E-state index contributed by atoms with van der Waals surface area (Å²) in [7, 11) is -3.62. The predicted molar refractivity (Wildman–Crippen MR) is 85.5 cm³/mol. The van der Waals surface area contributed by atoms with E-state index in [0.29, 0.717) is 14.6 Å². The highest BCUT2D eigenvalue weighted by atomic mass is 79.9. The van der Waals surface area contributed by atoms with Gasteiger partial charge in [0.15, 0.2) is 0 Å². The van der Waals surface area contributed by atoms with E-state index in [1.165, 1.54) is 0 Å². The third kappa shape index (κ3) is 4.18. The van der Waals surface area contributed by atoms with Crippen LogP contribution < -0.4 is 10.5 Å². The fourth-order valence-electron chi connectivity index (χ4n) is 1.30. The van der Waals surface area contributed by atoms with Crippen molar-refractivity contribution in [3.05, 3.63) is 21.1 Å². The Morgan fingerprint density at radius 1 is 1.21 bits per heavy atom. The minimum atomic E-state index is -3.62. The van der Waals surface area contributed by atoms with Crippen LogP contribution in [0.4, 0.5) is 5.69 Å². The highest BCUT2D eigenvalue weighted by Gasteiger charge is 2.28. The van der Waals surface area contributed by atoms with Crippen LogP contribution in [-0.4, -0.2) is 14.5 Å². The third-order valence-corrected chi connectivity index (χ3v) is 6.34. The summed E-state index contributed by atoms with van der Waals surface area (Å²) in [6, 6.07) is 2.94. The second-order valence-corrected chi connectivity index (χ2v) is 8.88. The molecule has 0 saturated carbocycles. The van der Waals surface area contributed by atoms with Crippen molar-refractivity contribution in [3.63, 3.8) is 0 Å². The average molecular weight is 414 g/mol. The van der Waals surface area contributed by atoms with Gasteiger partial charge in [0.25, 0.3) is 0 Å². The molecule has 4 nitrogen and oxygen atoms in total. The van der Waals surface area contributed by atoms with Gasteiger partial charge in [-0.3, -0.25) is 0 Å². The molecule has 0 heterocycles. The molecule has 1 aromatic rings. The number of nitrogens with two attached hydrogens (primary N) is 1. The highest BCUT2D eigenvalue weighted by molar-refractivity contribution is 9.11. The molecule has 1 rings (SSSR count). The highest BCUT2D eigenvalue weighted by Crippen LogP contribution is 2.33. The molecule has 0 aliphatic carbocycles. The van der Waals surface area contributed by atoms with E-state index in [0.717, 1.165) is 0 Å². The minimum Gasteiger partial charge on any atom is -0.399 e. The Morgan fingerprint density at radius 3 is 2.00 bits per heavy atom. The van der Waals surface area contributed by atoms with Gasteiger partial charge in [-0.2, -0.15) is 0 Å². The molecule has 0 fully saturated rings. The van der Waals surface area contributed by atoms with Crippen molar-refractivity contribution in [2.75, 3.05) is 5.73 Å². The lowest BCUT2D eigenvalue weighted by Crippen LogP contribution is -2.41. The molecule has 7 heteroatoms. The number of hydrogen-bond acceptors (Lipinski definition) is 3. The molecule has 19 heavy (non-hydrogen) atoms. The van der Waals surface area contributed by atoms with E-state index in [9.17, 15) is 8.42 Å². The van der Waals surface area contributed by atoms with Crippen molar-refractivity contribution in [1.29, 1.82) is 0 Å². The van der Waals surface area contributed by atoms with Gasteiger partial charge in [-0.05, 0) is 56.3 Å². The monoisotopic (exact) mass is 412 g/mol. The molecule has 1 unspecified atom stereocenters. The first-order valence-electron chi connectivity index (χ1n) is 5.72. The summed E-state index contributed by atoms with van der Waals surface area (Å²) in [6.45, 7) is 7.78. The van der Waals surface area contributed by atoms with Gasteiger partial charge >= 0.3 is 0 Å². The minimum absolute atomic E-state index is 0.165. The number of benzene rings is 1. The van der Waals surface area contributed by atoms with E-state index in [4.69, 9.17) is 5.73 Å². The van der Waals surface area contributed by atoms with Crippen LogP contribution in [0, 0.1) is 5.41 Å². The van der Waals surface area contributed by atoms with Crippen LogP contribution in [0.3, 0.4) is 0 Å². The molecule has 1 atom stereocenters. The Bertz CT molecular complexity index is 557. The van der Waals surface area contributed by atoms with Gasteiger partial charge in [0, 0.05) is 20.7 Å². The first-order valence-corrected chi connectivity index (χ1v) is 8.79. The van der Waals surface area contributed by atoms with Crippen LogP contribution in [0.25, 0.3) is 0 Å². The maximum atomic E-state index is 12.4. The fraction of sp³-hybridized carbons (Fsp3) is 0.500. The normalized spacial score (nSPS) is 14.4. The summed E-state index contributed by atoms with van der Waals surface area (Å²) in [5.41, 5.74) is 5.99. The third-order valence-electron chi connectivity index (χ3n) is 2.92. The fourth-order valence-corrected chi connectivity index (χ4v) is 5.37. The molecule has 0 aliphatic heterocycles. The molecule has 3 N–H and O–H groups in total. The van der Waals surface area contributed by atoms with E-state index < -0.39 is 10.0 Å². The standard InChI is InChI=1S/C12H18Br2N2O2S/c1-7(12(2,3)4)16-19(17,18)11-9(13)5-8(15)6-10(11)14/h5-7,16H,15H2,1-4H3. The lowest BCUT2D eigenvalue weighted by atomic mass is 9.89. The van der Waals surface area contributed by atoms with E-state index in [-0.39, 0.29) is 16.4 Å². The van der Waals surface area contributed by atoms with Crippen molar-refractivity contribution in [3.8, 4) is 0 Å². The molecule has 0 saturated heterocycles. The lowest BCUT2D eigenvalue weighted by molar-refractivity contribution is 0.317. The molecule has 0 amide bonds. The first kappa shape index (κ1) is 16.9. The Morgan fingerprint density at radius 2 is 1.63 bits per heavy atom. The van der Waals surface area contributed by atoms with Crippen LogP contribution in [0.15, 0.2) is 26.0 Å². The number of hydrogen-bond donors (Lipinski definition) is 2. The molecule has 1 aromatic carbocycles.